The van der Waals surface area contributed by atoms with Gasteiger partial charge in [-0.25, -0.2) is 0 Å². The Morgan fingerprint density at radius 1 is 1.00 bits per heavy atom. The van der Waals surface area contributed by atoms with E-state index in [0.717, 1.165) is 0 Å². The molecule has 0 aromatic carbocycles. The first-order chi connectivity index (χ1) is 7.19. The Kier molecular flexibility index (Phi) is 5.02. The normalized spacial score (nSPS) is 36.9. The third-order valence-electron chi connectivity index (χ3n) is 2.76. The molecule has 0 aromatic heterocycles. The number of aliphatic hydroxyl groups is 2. The molecule has 1 heterocycles. The Balaban J connectivity index is 2.64. The van der Waals surface area contributed by atoms with Gasteiger partial charge in [0, 0.05) is 0 Å². The molecule has 1 saturated heterocycles. The molecular formula is C12H20O3. The van der Waals surface area contributed by atoms with Crippen molar-refractivity contribution in [2.75, 3.05) is 0 Å². The molecule has 3 heteroatoms. The van der Waals surface area contributed by atoms with Gasteiger partial charge in [-0.2, -0.15) is 0 Å². The summed E-state index contributed by atoms with van der Waals surface area (Å²) in [6, 6.07) is 0. The average molecular weight is 212 g/mol. The molecule has 1 fully saturated rings. The van der Waals surface area contributed by atoms with Crippen molar-refractivity contribution in [3.63, 3.8) is 0 Å². The summed E-state index contributed by atoms with van der Waals surface area (Å²) in [6.45, 7) is 7.27. The number of rotatable bonds is 4. The van der Waals surface area contributed by atoms with Gasteiger partial charge in [0.2, 0.25) is 0 Å². The minimum absolute atomic E-state index is 0.246. The molecular weight excluding hydrogens is 192 g/mol. The van der Waals surface area contributed by atoms with Crippen LogP contribution in [0.15, 0.2) is 25.3 Å². The van der Waals surface area contributed by atoms with Crippen molar-refractivity contribution in [2.24, 2.45) is 0 Å². The highest BCUT2D eigenvalue weighted by Crippen LogP contribution is 2.23. The van der Waals surface area contributed by atoms with Crippen molar-refractivity contribution in [1.82, 2.24) is 0 Å². The van der Waals surface area contributed by atoms with Gasteiger partial charge in [-0.15, -0.1) is 13.2 Å². The fourth-order valence-electron chi connectivity index (χ4n) is 1.87. The van der Waals surface area contributed by atoms with E-state index in [2.05, 4.69) is 13.2 Å². The van der Waals surface area contributed by atoms with Crippen molar-refractivity contribution in [2.45, 2.75) is 50.1 Å². The molecule has 0 aromatic rings. The van der Waals surface area contributed by atoms with Gasteiger partial charge in [-0.05, 0) is 25.7 Å². The van der Waals surface area contributed by atoms with E-state index in [4.69, 9.17) is 4.74 Å². The first-order valence-corrected chi connectivity index (χ1v) is 5.42. The monoisotopic (exact) mass is 212 g/mol. The first-order valence-electron chi connectivity index (χ1n) is 5.42. The molecule has 1 aliphatic heterocycles. The summed E-state index contributed by atoms with van der Waals surface area (Å²) in [5.74, 6) is 0. The summed E-state index contributed by atoms with van der Waals surface area (Å²) >= 11 is 0. The number of ether oxygens (including phenoxy) is 1. The van der Waals surface area contributed by atoms with Crippen molar-refractivity contribution < 1.29 is 14.9 Å². The highest BCUT2D eigenvalue weighted by Gasteiger charge is 2.31. The molecule has 1 aliphatic rings. The quantitative estimate of drug-likeness (QED) is 0.693. The second-order valence-electron chi connectivity index (χ2n) is 3.97. The molecule has 0 amide bonds. The molecule has 3 nitrogen and oxygen atoms in total. The van der Waals surface area contributed by atoms with Crippen LogP contribution in [0, 0.1) is 0 Å². The highest BCUT2D eigenvalue weighted by atomic mass is 16.5. The van der Waals surface area contributed by atoms with Crippen LogP contribution in [-0.2, 0) is 4.74 Å². The minimum Gasteiger partial charge on any atom is -0.390 e. The smallest absolute Gasteiger partial charge is 0.0873 e. The van der Waals surface area contributed by atoms with Gasteiger partial charge < -0.3 is 14.9 Å². The molecule has 0 bridgehead atoms. The lowest BCUT2D eigenvalue weighted by molar-refractivity contribution is -0.0906. The molecule has 86 valence electrons. The van der Waals surface area contributed by atoms with Gasteiger partial charge >= 0.3 is 0 Å². The van der Waals surface area contributed by atoms with Crippen LogP contribution >= 0.6 is 0 Å². The maximum Gasteiger partial charge on any atom is 0.0873 e. The molecule has 2 N–H and O–H groups in total. The Hall–Kier alpha value is -0.640. The van der Waals surface area contributed by atoms with Crippen LogP contribution in [0.2, 0.25) is 0 Å². The van der Waals surface area contributed by atoms with E-state index >= 15 is 0 Å². The fraction of sp³-hybridized carbons (Fsp3) is 0.667. The van der Waals surface area contributed by atoms with Gasteiger partial charge in [0.15, 0.2) is 0 Å². The van der Waals surface area contributed by atoms with Crippen LogP contribution in [0.1, 0.15) is 25.7 Å². The zero-order valence-corrected chi connectivity index (χ0v) is 9.01. The molecule has 0 aliphatic carbocycles. The van der Waals surface area contributed by atoms with Crippen LogP contribution in [-0.4, -0.2) is 34.6 Å². The summed E-state index contributed by atoms with van der Waals surface area (Å²) in [5.41, 5.74) is 0. The maximum atomic E-state index is 9.77. The molecule has 0 spiro atoms. The van der Waals surface area contributed by atoms with E-state index < -0.39 is 12.2 Å². The Bertz CT molecular complexity index is 193. The summed E-state index contributed by atoms with van der Waals surface area (Å²) in [6.07, 6.45) is 4.34. The Morgan fingerprint density at radius 3 is 1.73 bits per heavy atom. The van der Waals surface area contributed by atoms with Crippen molar-refractivity contribution in [1.29, 1.82) is 0 Å². The third kappa shape index (κ3) is 3.45. The van der Waals surface area contributed by atoms with Gasteiger partial charge in [-0.3, -0.25) is 0 Å². The van der Waals surface area contributed by atoms with Crippen molar-refractivity contribution in [3.8, 4) is 0 Å². The lowest BCUT2D eigenvalue weighted by Gasteiger charge is -2.24. The Morgan fingerprint density at radius 2 is 1.40 bits per heavy atom. The maximum absolute atomic E-state index is 9.77. The van der Waals surface area contributed by atoms with Crippen molar-refractivity contribution >= 4 is 0 Å². The molecule has 4 unspecified atom stereocenters. The van der Waals surface area contributed by atoms with Gasteiger partial charge in [-0.1, -0.05) is 12.2 Å². The lowest BCUT2D eigenvalue weighted by atomic mass is 10.0. The van der Waals surface area contributed by atoms with E-state index in [1.807, 2.05) is 0 Å². The zero-order chi connectivity index (χ0) is 11.3. The van der Waals surface area contributed by atoms with Crippen molar-refractivity contribution in [3.05, 3.63) is 25.3 Å². The number of hydrogen-bond acceptors (Lipinski definition) is 3. The first kappa shape index (κ1) is 12.4. The molecule has 15 heavy (non-hydrogen) atoms. The highest BCUT2D eigenvalue weighted by molar-refractivity contribution is 4.88. The summed E-state index contributed by atoms with van der Waals surface area (Å²) < 4.78 is 5.67. The van der Waals surface area contributed by atoms with E-state index in [1.165, 1.54) is 0 Å². The van der Waals surface area contributed by atoms with E-state index in [1.54, 1.807) is 12.2 Å². The number of aliphatic hydroxyl groups excluding tert-OH is 2. The van der Waals surface area contributed by atoms with Gasteiger partial charge in [0.25, 0.3) is 0 Å². The molecule has 0 saturated carbocycles. The SMILES string of the molecule is C=CCC1OC(CC=C)C(O)CCC1O. The van der Waals surface area contributed by atoms with E-state index in [0.29, 0.717) is 25.7 Å². The molecule has 0 radical (unpaired) electrons. The Labute approximate surface area is 91.1 Å². The predicted molar refractivity (Wildman–Crippen MR) is 59.5 cm³/mol. The number of hydrogen-bond donors (Lipinski definition) is 2. The zero-order valence-electron chi connectivity index (χ0n) is 9.01. The summed E-state index contributed by atoms with van der Waals surface area (Å²) in [5, 5.41) is 19.5. The standard InChI is InChI=1S/C12H20O3/c1-3-5-11-9(13)7-8-10(14)12(15-11)6-4-2/h3-4,9-14H,1-2,5-8H2. The van der Waals surface area contributed by atoms with Gasteiger partial charge in [0.05, 0.1) is 24.4 Å². The topological polar surface area (TPSA) is 49.7 Å². The predicted octanol–water partition coefficient (Wildman–Crippen LogP) is 1.41. The van der Waals surface area contributed by atoms with E-state index in [-0.39, 0.29) is 12.2 Å². The second-order valence-corrected chi connectivity index (χ2v) is 3.97. The van der Waals surface area contributed by atoms with Crippen LogP contribution in [0.25, 0.3) is 0 Å². The minimum atomic E-state index is -0.507. The average Bonchev–Trinajstić information content (AvgIpc) is 2.34. The fourth-order valence-corrected chi connectivity index (χ4v) is 1.87. The van der Waals surface area contributed by atoms with Crippen LogP contribution in [0.3, 0.4) is 0 Å². The second kappa shape index (κ2) is 6.05. The summed E-state index contributed by atoms with van der Waals surface area (Å²) in [4.78, 5) is 0. The summed E-state index contributed by atoms with van der Waals surface area (Å²) in [7, 11) is 0. The van der Waals surface area contributed by atoms with E-state index in [9.17, 15) is 10.2 Å². The van der Waals surface area contributed by atoms with Crippen LogP contribution in [0.4, 0.5) is 0 Å². The lowest BCUT2D eigenvalue weighted by Crippen LogP contribution is -2.33. The van der Waals surface area contributed by atoms with Crippen LogP contribution in [0.5, 0.6) is 0 Å². The molecule has 4 atom stereocenters. The van der Waals surface area contributed by atoms with Gasteiger partial charge in [0.1, 0.15) is 0 Å². The molecule has 1 rings (SSSR count). The third-order valence-corrected chi connectivity index (χ3v) is 2.76. The largest absolute Gasteiger partial charge is 0.390 e. The van der Waals surface area contributed by atoms with Crippen LogP contribution < -0.4 is 0 Å².